The molecule has 0 unspecified atom stereocenters. The normalized spacial score (nSPS) is 11.9. The molecule has 7 nitrogen and oxygen atoms in total. The van der Waals surface area contributed by atoms with E-state index in [1.54, 1.807) is 66.1 Å². The van der Waals surface area contributed by atoms with Gasteiger partial charge in [-0.25, -0.2) is 8.78 Å². The zero-order valence-corrected chi connectivity index (χ0v) is 18.9. The van der Waals surface area contributed by atoms with Crippen LogP contribution in [-0.4, -0.2) is 26.2 Å². The van der Waals surface area contributed by atoms with E-state index in [9.17, 15) is 18.9 Å². The van der Waals surface area contributed by atoms with Crippen LogP contribution in [-0.2, 0) is 6.61 Å². The summed E-state index contributed by atoms with van der Waals surface area (Å²) < 4.78 is 35.0. The van der Waals surface area contributed by atoms with Crippen LogP contribution in [0.3, 0.4) is 0 Å². The van der Waals surface area contributed by atoms with Crippen molar-refractivity contribution in [1.82, 2.24) is 14.8 Å². The second-order valence-corrected chi connectivity index (χ2v) is 8.55. The van der Waals surface area contributed by atoms with Crippen LogP contribution in [0.25, 0.3) is 5.69 Å². The van der Waals surface area contributed by atoms with E-state index in [0.29, 0.717) is 33.5 Å². The fourth-order valence-electron chi connectivity index (χ4n) is 3.42. The van der Waals surface area contributed by atoms with Crippen molar-refractivity contribution in [2.24, 2.45) is 0 Å². The van der Waals surface area contributed by atoms with Gasteiger partial charge in [0.25, 0.3) is 0 Å². The molecule has 0 saturated carbocycles. The number of nitrogens with zero attached hydrogens (tertiary/aromatic N) is 4. The van der Waals surface area contributed by atoms with Gasteiger partial charge in [0.05, 0.1) is 0 Å². The van der Waals surface area contributed by atoms with Crippen LogP contribution in [0, 0.1) is 28.7 Å². The van der Waals surface area contributed by atoms with Gasteiger partial charge in [-0.3, -0.25) is 14.7 Å². The van der Waals surface area contributed by atoms with Gasteiger partial charge in [-0.05, 0) is 43.3 Å². The lowest BCUT2D eigenvalue weighted by Gasteiger charge is -2.18. The van der Waals surface area contributed by atoms with Crippen molar-refractivity contribution in [3.05, 3.63) is 111 Å². The van der Waals surface area contributed by atoms with Gasteiger partial charge in [-0.2, -0.15) is 0 Å². The third kappa shape index (κ3) is 5.40. The summed E-state index contributed by atoms with van der Waals surface area (Å²) in [4.78, 5) is 11.1. The zero-order chi connectivity index (χ0) is 24.1. The molecular formula is C24H20F2N4O3S. The number of benzene rings is 3. The number of hydrogen-bond donors (Lipinski definition) is 0. The standard InChI is InChI=1S/C24H20F2N4O3S/c1-16-27-28-24(30(16)19-12-10-18(25)11-13-19)34-23(14-29(31)32)20-7-3-5-9-22(20)33-15-17-6-2-4-8-21(17)26/h2-13,23H,14-15H2,1H3/t23-/m0/s1. The van der Waals surface area contributed by atoms with Gasteiger partial charge in [0.2, 0.25) is 6.54 Å². The fourth-order valence-corrected chi connectivity index (χ4v) is 4.62. The molecule has 0 saturated heterocycles. The summed E-state index contributed by atoms with van der Waals surface area (Å²) in [6.45, 7) is 1.32. The summed E-state index contributed by atoms with van der Waals surface area (Å²) in [5, 5.41) is 19.6. The Bertz CT molecular complexity index is 1300. The third-order valence-electron chi connectivity index (χ3n) is 5.05. The van der Waals surface area contributed by atoms with E-state index in [-0.39, 0.29) is 18.2 Å². The summed E-state index contributed by atoms with van der Waals surface area (Å²) in [5.41, 5.74) is 1.59. The number of hydrogen-bond acceptors (Lipinski definition) is 6. The maximum absolute atomic E-state index is 14.0. The average Bonchev–Trinajstić information content (AvgIpc) is 3.18. The highest BCUT2D eigenvalue weighted by atomic mass is 32.2. The van der Waals surface area contributed by atoms with Gasteiger partial charge in [0.15, 0.2) is 5.16 Å². The van der Waals surface area contributed by atoms with Crippen LogP contribution < -0.4 is 4.74 Å². The highest BCUT2D eigenvalue weighted by Gasteiger charge is 2.26. The Morgan fingerprint density at radius 1 is 1.03 bits per heavy atom. The minimum Gasteiger partial charge on any atom is -0.488 e. The Hall–Kier alpha value is -3.79. The van der Waals surface area contributed by atoms with E-state index in [1.807, 2.05) is 0 Å². The second kappa shape index (κ2) is 10.4. The number of nitro groups is 1. The Morgan fingerprint density at radius 3 is 2.47 bits per heavy atom. The maximum Gasteiger partial charge on any atom is 0.220 e. The van der Waals surface area contributed by atoms with Crippen LogP contribution in [0.15, 0.2) is 78.0 Å². The number of para-hydroxylation sites is 1. The van der Waals surface area contributed by atoms with Gasteiger partial charge in [-0.15, -0.1) is 10.2 Å². The Balaban J connectivity index is 1.65. The predicted octanol–water partition coefficient (Wildman–Crippen LogP) is 5.54. The lowest BCUT2D eigenvalue weighted by Crippen LogP contribution is -2.12. The molecule has 0 fully saturated rings. The van der Waals surface area contributed by atoms with E-state index >= 15 is 0 Å². The van der Waals surface area contributed by atoms with Crippen LogP contribution in [0.2, 0.25) is 0 Å². The first-order valence-corrected chi connectivity index (χ1v) is 11.2. The fraction of sp³-hybridized carbons (Fsp3) is 0.167. The van der Waals surface area contributed by atoms with Crippen LogP contribution >= 0.6 is 11.8 Å². The molecule has 0 radical (unpaired) electrons. The largest absolute Gasteiger partial charge is 0.488 e. The zero-order valence-electron chi connectivity index (χ0n) is 18.1. The Kier molecular flexibility index (Phi) is 7.17. The second-order valence-electron chi connectivity index (χ2n) is 7.38. The molecule has 4 aromatic rings. The number of aromatic nitrogens is 3. The molecular weight excluding hydrogens is 462 g/mol. The highest BCUT2D eigenvalue weighted by Crippen LogP contribution is 2.40. The summed E-state index contributed by atoms with van der Waals surface area (Å²) >= 11 is 1.16. The number of ether oxygens (including phenoxy) is 1. The molecule has 0 N–H and O–H groups in total. The molecule has 1 atom stereocenters. The molecule has 1 heterocycles. The van der Waals surface area contributed by atoms with E-state index in [1.165, 1.54) is 18.2 Å². The lowest BCUT2D eigenvalue weighted by atomic mass is 10.1. The first-order valence-electron chi connectivity index (χ1n) is 10.3. The first kappa shape index (κ1) is 23.4. The van der Waals surface area contributed by atoms with Crippen molar-refractivity contribution >= 4 is 11.8 Å². The SMILES string of the molecule is Cc1nnc(S[C@@H](C[N+](=O)[O-])c2ccccc2OCc2ccccc2F)n1-c1ccc(F)cc1. The minimum atomic E-state index is -0.672. The van der Waals surface area contributed by atoms with Gasteiger partial charge in [0.1, 0.15) is 35.1 Å². The van der Waals surface area contributed by atoms with Crippen molar-refractivity contribution in [2.45, 2.75) is 23.9 Å². The highest BCUT2D eigenvalue weighted by molar-refractivity contribution is 7.99. The summed E-state index contributed by atoms with van der Waals surface area (Å²) in [6, 6.07) is 19.0. The van der Waals surface area contributed by atoms with E-state index in [2.05, 4.69) is 10.2 Å². The van der Waals surface area contributed by atoms with Crippen LogP contribution in [0.5, 0.6) is 5.75 Å². The number of thioether (sulfide) groups is 1. The van der Waals surface area contributed by atoms with Crippen molar-refractivity contribution in [1.29, 1.82) is 0 Å². The third-order valence-corrected chi connectivity index (χ3v) is 6.21. The summed E-state index contributed by atoms with van der Waals surface area (Å²) in [6.07, 6.45) is 0. The molecule has 0 aliphatic rings. The molecule has 4 rings (SSSR count). The quantitative estimate of drug-likeness (QED) is 0.177. The molecule has 0 bridgehead atoms. The predicted molar refractivity (Wildman–Crippen MR) is 124 cm³/mol. The Labute approximate surface area is 198 Å². The molecule has 174 valence electrons. The molecule has 3 aromatic carbocycles. The van der Waals surface area contributed by atoms with Crippen molar-refractivity contribution in [3.63, 3.8) is 0 Å². The van der Waals surface area contributed by atoms with Gasteiger partial charge in [0, 0.05) is 21.7 Å². The maximum atomic E-state index is 14.0. The van der Waals surface area contributed by atoms with Crippen molar-refractivity contribution in [2.75, 3.05) is 6.54 Å². The summed E-state index contributed by atoms with van der Waals surface area (Å²) in [7, 11) is 0. The Morgan fingerprint density at radius 2 is 1.74 bits per heavy atom. The molecule has 1 aromatic heterocycles. The molecule has 10 heteroatoms. The molecule has 34 heavy (non-hydrogen) atoms. The van der Waals surface area contributed by atoms with E-state index in [0.717, 1.165) is 11.8 Å². The first-order chi connectivity index (χ1) is 16.4. The van der Waals surface area contributed by atoms with Crippen LogP contribution in [0.4, 0.5) is 8.78 Å². The minimum absolute atomic E-state index is 0.0234. The number of aryl methyl sites for hydroxylation is 1. The lowest BCUT2D eigenvalue weighted by molar-refractivity contribution is -0.479. The van der Waals surface area contributed by atoms with Gasteiger partial charge in [-0.1, -0.05) is 48.2 Å². The molecule has 0 aliphatic carbocycles. The van der Waals surface area contributed by atoms with Crippen molar-refractivity contribution < 1.29 is 18.4 Å². The number of halogens is 2. The van der Waals surface area contributed by atoms with Gasteiger partial charge >= 0.3 is 0 Å². The van der Waals surface area contributed by atoms with Gasteiger partial charge < -0.3 is 4.74 Å². The van der Waals surface area contributed by atoms with E-state index < -0.39 is 16.7 Å². The summed E-state index contributed by atoms with van der Waals surface area (Å²) in [5.74, 6) is 0.197. The molecule has 0 spiro atoms. The number of rotatable bonds is 9. The smallest absolute Gasteiger partial charge is 0.220 e. The average molecular weight is 483 g/mol. The topological polar surface area (TPSA) is 83.1 Å². The monoisotopic (exact) mass is 482 g/mol. The van der Waals surface area contributed by atoms with Crippen LogP contribution in [0.1, 0.15) is 22.2 Å². The van der Waals surface area contributed by atoms with E-state index in [4.69, 9.17) is 4.74 Å². The molecule has 0 amide bonds. The van der Waals surface area contributed by atoms with Crippen molar-refractivity contribution in [3.8, 4) is 11.4 Å². The molecule has 0 aliphatic heterocycles.